The molecule has 1 aromatic heterocycles. The summed E-state index contributed by atoms with van der Waals surface area (Å²) in [7, 11) is 0. The number of rotatable bonds is 7. The third-order valence-corrected chi connectivity index (χ3v) is 5.11. The van der Waals surface area contributed by atoms with Crippen LogP contribution >= 0.6 is 0 Å². The van der Waals surface area contributed by atoms with Crippen molar-refractivity contribution >= 4 is 11.9 Å². The maximum atomic E-state index is 12.4. The first kappa shape index (κ1) is 21.6. The number of hydrogen-bond acceptors (Lipinski definition) is 3. The average Bonchev–Trinajstić information content (AvgIpc) is 3.03. The Hall–Kier alpha value is -2.69. The number of carbonyl (C=O) groups is 1. The summed E-state index contributed by atoms with van der Waals surface area (Å²) in [5, 5.41) is 8.71. The van der Waals surface area contributed by atoms with E-state index in [0.29, 0.717) is 12.1 Å². The highest BCUT2D eigenvalue weighted by Crippen LogP contribution is 2.41. The first-order chi connectivity index (χ1) is 13.2. The number of hydrogen-bond donors (Lipinski definition) is 2. The predicted octanol–water partition coefficient (Wildman–Crippen LogP) is 5.05. The minimum Gasteiger partial charge on any atom is -0.295 e. The van der Waals surface area contributed by atoms with E-state index in [0.717, 1.165) is 36.0 Å². The molecule has 0 radical (unpaired) electrons. The van der Waals surface area contributed by atoms with Crippen molar-refractivity contribution in [2.45, 2.75) is 60.3 Å². The quantitative estimate of drug-likeness (QED) is 0.649. The lowest BCUT2D eigenvalue weighted by Gasteiger charge is -2.33. The van der Waals surface area contributed by atoms with E-state index in [-0.39, 0.29) is 16.8 Å². The first-order valence-corrected chi connectivity index (χ1v) is 9.86. The van der Waals surface area contributed by atoms with Crippen molar-refractivity contribution in [3.05, 3.63) is 68.7 Å². The van der Waals surface area contributed by atoms with Gasteiger partial charge in [-0.25, -0.2) is 10.3 Å². The Morgan fingerprint density at radius 2 is 1.96 bits per heavy atom. The van der Waals surface area contributed by atoms with Crippen molar-refractivity contribution < 1.29 is 4.79 Å². The van der Waals surface area contributed by atoms with Gasteiger partial charge in [0.2, 0.25) is 0 Å². The fraction of sp³-hybridized carbons (Fsp3) is 0.435. The highest BCUT2D eigenvalue weighted by atomic mass is 16.1. The molecule has 2 N–H and O–H groups in total. The SMILES string of the molecule is CCC(=O)C1=C(/C=C/C(C)=C/C=C/C(C)=C/c2n[nH][nH]c2=O)C(C)(C)CCC1. The molecule has 0 aliphatic heterocycles. The van der Waals surface area contributed by atoms with Gasteiger partial charge < -0.3 is 0 Å². The molecule has 0 saturated heterocycles. The van der Waals surface area contributed by atoms with Crippen LogP contribution in [0.1, 0.15) is 66.0 Å². The molecule has 1 heterocycles. The zero-order chi connectivity index (χ0) is 20.7. The molecule has 0 spiro atoms. The van der Waals surface area contributed by atoms with Gasteiger partial charge in [-0.15, -0.1) is 0 Å². The van der Waals surface area contributed by atoms with Gasteiger partial charge in [-0.3, -0.25) is 9.59 Å². The van der Waals surface area contributed by atoms with Crippen LogP contribution in [0.2, 0.25) is 0 Å². The van der Waals surface area contributed by atoms with Gasteiger partial charge in [0.05, 0.1) is 0 Å². The predicted molar refractivity (Wildman–Crippen MR) is 115 cm³/mol. The summed E-state index contributed by atoms with van der Waals surface area (Å²) in [5.74, 6) is 0.267. The van der Waals surface area contributed by atoms with Crippen molar-refractivity contribution in [2.24, 2.45) is 5.41 Å². The Bertz CT molecular complexity index is 918. The monoisotopic (exact) mass is 381 g/mol. The Labute approximate surface area is 167 Å². The van der Waals surface area contributed by atoms with E-state index in [1.807, 2.05) is 39.0 Å². The molecule has 1 aromatic rings. The van der Waals surface area contributed by atoms with Crippen LogP contribution in [0.25, 0.3) is 6.08 Å². The maximum Gasteiger partial charge on any atom is 0.291 e. The van der Waals surface area contributed by atoms with Crippen LogP contribution in [0.3, 0.4) is 0 Å². The van der Waals surface area contributed by atoms with Gasteiger partial charge in [0.1, 0.15) is 0 Å². The number of aromatic nitrogens is 3. The molecule has 0 atom stereocenters. The third kappa shape index (κ3) is 5.65. The molecule has 0 fully saturated rings. The minimum absolute atomic E-state index is 0.0287. The highest BCUT2D eigenvalue weighted by Gasteiger charge is 2.30. The Morgan fingerprint density at radius 3 is 2.61 bits per heavy atom. The Morgan fingerprint density at radius 1 is 1.21 bits per heavy atom. The number of carbonyl (C=O) groups excluding carboxylic acids is 1. The molecule has 2 rings (SSSR count). The lowest BCUT2D eigenvalue weighted by Crippen LogP contribution is -2.23. The second-order valence-corrected chi connectivity index (χ2v) is 7.96. The third-order valence-electron chi connectivity index (χ3n) is 5.11. The summed E-state index contributed by atoms with van der Waals surface area (Å²) in [6.07, 6.45) is 15.4. The topological polar surface area (TPSA) is 78.6 Å². The van der Waals surface area contributed by atoms with E-state index < -0.39 is 0 Å². The van der Waals surface area contributed by atoms with Gasteiger partial charge >= 0.3 is 0 Å². The van der Waals surface area contributed by atoms with Crippen LogP contribution in [0, 0.1) is 5.41 Å². The van der Waals surface area contributed by atoms with Crippen LogP contribution in [0.4, 0.5) is 0 Å². The first-order valence-electron chi connectivity index (χ1n) is 9.86. The van der Waals surface area contributed by atoms with Crippen molar-refractivity contribution in [3.8, 4) is 0 Å². The van der Waals surface area contributed by atoms with Crippen LogP contribution in [0.5, 0.6) is 0 Å². The van der Waals surface area contributed by atoms with Gasteiger partial charge in [0.15, 0.2) is 11.5 Å². The van der Waals surface area contributed by atoms with E-state index in [2.05, 4.69) is 41.4 Å². The molecule has 0 amide bonds. The van der Waals surface area contributed by atoms with E-state index in [9.17, 15) is 9.59 Å². The number of allylic oxidation sites excluding steroid dienone is 9. The molecule has 1 aliphatic rings. The van der Waals surface area contributed by atoms with Crippen LogP contribution in [-0.4, -0.2) is 21.2 Å². The van der Waals surface area contributed by atoms with E-state index in [1.54, 1.807) is 6.08 Å². The van der Waals surface area contributed by atoms with Crippen LogP contribution < -0.4 is 5.56 Å². The number of nitrogens with one attached hydrogen (secondary N) is 2. The average molecular weight is 382 g/mol. The summed E-state index contributed by atoms with van der Waals surface area (Å²) in [5.41, 5.74) is 4.36. The highest BCUT2D eigenvalue weighted by molar-refractivity contribution is 5.96. The smallest absolute Gasteiger partial charge is 0.291 e. The van der Waals surface area contributed by atoms with Gasteiger partial charge in [-0.2, -0.15) is 5.10 Å². The molecular formula is C23H31N3O2. The fourth-order valence-electron chi connectivity index (χ4n) is 3.45. The van der Waals surface area contributed by atoms with Crippen molar-refractivity contribution in [2.75, 3.05) is 0 Å². The fourth-order valence-corrected chi connectivity index (χ4v) is 3.45. The molecular weight excluding hydrogens is 350 g/mol. The molecule has 28 heavy (non-hydrogen) atoms. The summed E-state index contributed by atoms with van der Waals surface area (Å²) in [6.45, 7) is 10.3. The summed E-state index contributed by atoms with van der Waals surface area (Å²) in [4.78, 5) is 23.8. The largest absolute Gasteiger partial charge is 0.295 e. The summed E-state index contributed by atoms with van der Waals surface area (Å²) < 4.78 is 0. The maximum absolute atomic E-state index is 12.4. The molecule has 0 unspecified atom stereocenters. The summed E-state index contributed by atoms with van der Waals surface area (Å²) >= 11 is 0. The molecule has 0 bridgehead atoms. The zero-order valence-electron chi connectivity index (χ0n) is 17.6. The zero-order valence-corrected chi connectivity index (χ0v) is 17.6. The standard InChI is InChI=1S/C23H31N3O2/c1-6-21(27)18-11-8-14-23(4,5)19(18)13-12-16(2)9-7-10-17(3)15-20-22(28)25-26-24-20/h7,9-10,12-13,15H,6,8,11,14H2,1-5H3,(H2,24,25,26,28)/b10-7+,13-12+,16-9+,17-15+. The molecule has 5 heteroatoms. The summed E-state index contributed by atoms with van der Waals surface area (Å²) in [6, 6.07) is 0. The lowest BCUT2D eigenvalue weighted by molar-refractivity contribution is -0.115. The number of Topliss-reactive ketones (excluding diaryl/α,β-unsaturated/α-hetero) is 1. The van der Waals surface area contributed by atoms with E-state index >= 15 is 0 Å². The molecule has 150 valence electrons. The van der Waals surface area contributed by atoms with Crippen LogP contribution in [0.15, 0.2) is 57.5 Å². The van der Waals surface area contributed by atoms with Crippen molar-refractivity contribution in [3.63, 3.8) is 0 Å². The van der Waals surface area contributed by atoms with Crippen molar-refractivity contribution in [1.29, 1.82) is 0 Å². The number of ketones is 1. The Balaban J connectivity index is 2.16. The number of nitrogens with zero attached hydrogens (tertiary/aromatic N) is 1. The van der Waals surface area contributed by atoms with Gasteiger partial charge in [0, 0.05) is 6.42 Å². The van der Waals surface area contributed by atoms with E-state index in [1.165, 1.54) is 5.57 Å². The van der Waals surface area contributed by atoms with Gasteiger partial charge in [-0.05, 0) is 61.3 Å². The minimum atomic E-state index is -0.233. The van der Waals surface area contributed by atoms with Gasteiger partial charge in [-0.1, -0.05) is 56.7 Å². The second-order valence-electron chi connectivity index (χ2n) is 7.96. The Kier molecular flexibility index (Phi) is 7.32. The normalized spacial score (nSPS) is 18.5. The van der Waals surface area contributed by atoms with E-state index in [4.69, 9.17) is 0 Å². The molecule has 0 aromatic carbocycles. The molecule has 5 nitrogen and oxygen atoms in total. The van der Waals surface area contributed by atoms with Crippen molar-refractivity contribution in [1.82, 2.24) is 15.4 Å². The molecule has 1 aliphatic carbocycles. The second kappa shape index (κ2) is 9.49. The molecule has 0 saturated carbocycles. The number of H-pyrrole nitrogens is 2. The van der Waals surface area contributed by atoms with Gasteiger partial charge in [0.25, 0.3) is 5.56 Å². The number of aromatic amines is 2. The van der Waals surface area contributed by atoms with Crippen LogP contribution in [-0.2, 0) is 4.79 Å². The lowest BCUT2D eigenvalue weighted by atomic mass is 9.71.